The van der Waals surface area contributed by atoms with Gasteiger partial charge in [-0.15, -0.1) is 5.10 Å². The molecule has 1 aliphatic heterocycles. The van der Waals surface area contributed by atoms with E-state index in [1.807, 2.05) is 0 Å². The molecule has 90 valence electrons. The molecule has 0 spiro atoms. The Morgan fingerprint density at radius 3 is 2.82 bits per heavy atom. The minimum absolute atomic E-state index is 0.0752. The van der Waals surface area contributed by atoms with E-state index < -0.39 is 23.8 Å². The average molecular weight is 238 g/mol. The Morgan fingerprint density at radius 1 is 1.53 bits per heavy atom. The molecule has 1 aromatic rings. The van der Waals surface area contributed by atoms with Crippen LogP contribution in [0.5, 0.6) is 0 Å². The van der Waals surface area contributed by atoms with E-state index in [9.17, 15) is 14.4 Å². The van der Waals surface area contributed by atoms with Crippen LogP contribution < -0.4 is 11.1 Å². The summed E-state index contributed by atoms with van der Waals surface area (Å²) >= 11 is 0. The van der Waals surface area contributed by atoms with Gasteiger partial charge in [0.25, 0.3) is 5.91 Å². The van der Waals surface area contributed by atoms with Crippen molar-refractivity contribution in [3.05, 3.63) is 5.82 Å². The van der Waals surface area contributed by atoms with Gasteiger partial charge in [0, 0.05) is 0 Å². The minimum atomic E-state index is -0.744. The van der Waals surface area contributed by atoms with E-state index in [2.05, 4.69) is 20.5 Å². The monoisotopic (exact) mass is 238 g/mol. The van der Waals surface area contributed by atoms with Crippen LogP contribution in [-0.2, 0) is 9.59 Å². The highest BCUT2D eigenvalue weighted by molar-refractivity contribution is 6.06. The Hall–Kier alpha value is -2.45. The van der Waals surface area contributed by atoms with Crippen molar-refractivity contribution in [2.45, 2.75) is 13.0 Å². The first kappa shape index (κ1) is 11.0. The molecule has 1 saturated heterocycles. The van der Waals surface area contributed by atoms with E-state index in [1.54, 1.807) is 0 Å². The quantitative estimate of drug-likeness (QED) is 0.478. The first-order valence-corrected chi connectivity index (χ1v) is 4.81. The molecule has 2 heterocycles. The molecular weight excluding hydrogens is 228 g/mol. The fraction of sp³-hybridized carbons (Fsp3) is 0.375. The van der Waals surface area contributed by atoms with Crippen molar-refractivity contribution >= 4 is 23.7 Å². The summed E-state index contributed by atoms with van der Waals surface area (Å²) in [5.74, 6) is -1.83. The lowest BCUT2D eigenvalue weighted by Crippen LogP contribution is -2.58. The summed E-state index contributed by atoms with van der Waals surface area (Å²) in [7, 11) is 0. The van der Waals surface area contributed by atoms with Gasteiger partial charge in [-0.25, -0.2) is 0 Å². The van der Waals surface area contributed by atoms with Crippen molar-refractivity contribution in [3.63, 3.8) is 0 Å². The second-order valence-electron chi connectivity index (χ2n) is 3.56. The highest BCUT2D eigenvalue weighted by Gasteiger charge is 2.35. The first-order valence-electron chi connectivity index (χ1n) is 4.81. The third-order valence-electron chi connectivity index (χ3n) is 2.39. The number of nitrogens with zero attached hydrogens (tertiary/aromatic N) is 3. The maximum Gasteiger partial charge on any atom is 0.292 e. The van der Waals surface area contributed by atoms with Crippen LogP contribution in [0.2, 0.25) is 0 Å². The van der Waals surface area contributed by atoms with Gasteiger partial charge in [-0.2, -0.15) is 4.98 Å². The number of aromatic amines is 1. The number of nitrogens with two attached hydrogens (primary N) is 1. The van der Waals surface area contributed by atoms with E-state index in [-0.39, 0.29) is 18.3 Å². The first-order chi connectivity index (χ1) is 7.99. The molecule has 0 aliphatic carbocycles. The van der Waals surface area contributed by atoms with Gasteiger partial charge in [-0.3, -0.25) is 24.8 Å². The maximum atomic E-state index is 11.9. The van der Waals surface area contributed by atoms with Crippen molar-refractivity contribution in [1.82, 2.24) is 25.4 Å². The lowest BCUT2D eigenvalue weighted by molar-refractivity contribution is -0.138. The van der Waals surface area contributed by atoms with Gasteiger partial charge in [0.05, 0.1) is 0 Å². The van der Waals surface area contributed by atoms with Crippen molar-refractivity contribution < 1.29 is 14.4 Å². The molecule has 2 rings (SSSR count). The van der Waals surface area contributed by atoms with Crippen molar-refractivity contribution in [2.24, 2.45) is 0 Å². The molecule has 0 saturated carbocycles. The largest absolute Gasteiger partial charge is 0.366 e. The highest BCUT2D eigenvalue weighted by Crippen LogP contribution is 2.09. The van der Waals surface area contributed by atoms with Gasteiger partial charge >= 0.3 is 0 Å². The van der Waals surface area contributed by atoms with Crippen molar-refractivity contribution in [1.29, 1.82) is 0 Å². The summed E-state index contributed by atoms with van der Waals surface area (Å²) < 4.78 is 0. The van der Waals surface area contributed by atoms with Crippen LogP contribution in [-0.4, -0.2) is 50.4 Å². The Labute approximate surface area is 95.4 Å². The molecule has 9 heteroatoms. The van der Waals surface area contributed by atoms with Crippen LogP contribution in [0, 0.1) is 0 Å². The number of imide groups is 1. The molecule has 0 radical (unpaired) electrons. The van der Waals surface area contributed by atoms with E-state index in [4.69, 9.17) is 5.73 Å². The zero-order valence-electron chi connectivity index (χ0n) is 8.93. The lowest BCUT2D eigenvalue weighted by atomic mass is 10.2. The molecule has 9 nitrogen and oxygen atoms in total. The molecule has 0 aromatic carbocycles. The third-order valence-corrected chi connectivity index (χ3v) is 2.39. The number of piperazine rings is 1. The van der Waals surface area contributed by atoms with Gasteiger partial charge in [-0.05, 0) is 6.92 Å². The van der Waals surface area contributed by atoms with Gasteiger partial charge in [0.1, 0.15) is 12.6 Å². The van der Waals surface area contributed by atoms with Crippen LogP contribution in [0.3, 0.4) is 0 Å². The van der Waals surface area contributed by atoms with E-state index in [0.29, 0.717) is 0 Å². The van der Waals surface area contributed by atoms with Crippen molar-refractivity contribution in [2.75, 3.05) is 12.3 Å². The van der Waals surface area contributed by atoms with Gasteiger partial charge in [0.15, 0.2) is 0 Å². The lowest BCUT2D eigenvalue weighted by Gasteiger charge is -2.30. The van der Waals surface area contributed by atoms with Gasteiger partial charge in [0.2, 0.25) is 23.6 Å². The highest BCUT2D eigenvalue weighted by atomic mass is 16.2. The molecule has 1 unspecified atom stereocenters. The molecule has 1 fully saturated rings. The fourth-order valence-electron chi connectivity index (χ4n) is 1.47. The molecule has 3 amide bonds. The fourth-order valence-corrected chi connectivity index (χ4v) is 1.47. The van der Waals surface area contributed by atoms with E-state index >= 15 is 0 Å². The van der Waals surface area contributed by atoms with Crippen LogP contribution in [0.25, 0.3) is 0 Å². The molecule has 17 heavy (non-hydrogen) atoms. The molecule has 1 aliphatic rings. The number of hydrogen-bond donors (Lipinski definition) is 3. The van der Waals surface area contributed by atoms with E-state index in [0.717, 1.165) is 4.90 Å². The van der Waals surface area contributed by atoms with Crippen LogP contribution in [0.15, 0.2) is 0 Å². The van der Waals surface area contributed by atoms with Crippen LogP contribution in [0.1, 0.15) is 17.5 Å². The Bertz CT molecular complexity index is 495. The second kappa shape index (κ2) is 3.85. The summed E-state index contributed by atoms with van der Waals surface area (Å²) in [6.45, 7) is 1.31. The van der Waals surface area contributed by atoms with Gasteiger partial charge < -0.3 is 10.6 Å². The zero-order valence-corrected chi connectivity index (χ0v) is 8.93. The normalized spacial score (nSPS) is 20.3. The number of anilines is 1. The summed E-state index contributed by atoms with van der Waals surface area (Å²) in [5, 5.41) is 7.96. The Morgan fingerprint density at radius 2 is 2.24 bits per heavy atom. The van der Waals surface area contributed by atoms with Crippen LogP contribution in [0.4, 0.5) is 5.95 Å². The number of H-pyrrole nitrogens is 1. The van der Waals surface area contributed by atoms with E-state index in [1.165, 1.54) is 6.92 Å². The molecular formula is C8H10N6O3. The standard InChI is InChI=1S/C8H10N6O3/c1-3-6(16)10-4(15)2-14(3)7(17)5-11-8(9)13-12-5/h3H,2H2,1H3,(H,10,15,16)(H3,9,11,12,13). The number of hydrogen-bond acceptors (Lipinski definition) is 6. The molecule has 1 atom stereocenters. The summed E-state index contributed by atoms with van der Waals surface area (Å²) in [6.07, 6.45) is 0. The topological polar surface area (TPSA) is 134 Å². The Kier molecular flexibility index (Phi) is 2.50. The molecule has 4 N–H and O–H groups in total. The zero-order chi connectivity index (χ0) is 12.6. The molecule has 1 aromatic heterocycles. The number of nitrogen functional groups attached to an aromatic ring is 1. The molecule has 0 bridgehead atoms. The van der Waals surface area contributed by atoms with Gasteiger partial charge in [-0.1, -0.05) is 0 Å². The number of aromatic nitrogens is 3. The number of amides is 3. The number of rotatable bonds is 1. The summed E-state index contributed by atoms with van der Waals surface area (Å²) in [4.78, 5) is 39.2. The number of carbonyl (C=O) groups is 3. The maximum absolute atomic E-state index is 11.9. The number of carbonyl (C=O) groups excluding carboxylic acids is 3. The predicted octanol–water partition coefficient (Wildman–Crippen LogP) is -2.13. The number of nitrogens with one attached hydrogen (secondary N) is 2. The SMILES string of the molecule is CC1C(=O)NC(=O)CN1C(=O)c1nc(N)n[nH]1. The Balaban J connectivity index is 2.24. The minimum Gasteiger partial charge on any atom is -0.366 e. The predicted molar refractivity (Wildman–Crippen MR) is 54.4 cm³/mol. The summed E-state index contributed by atoms with van der Waals surface area (Å²) in [5.41, 5.74) is 5.26. The van der Waals surface area contributed by atoms with Crippen LogP contribution >= 0.6 is 0 Å². The summed E-state index contributed by atoms with van der Waals surface area (Å²) in [6, 6.07) is -0.744. The second-order valence-corrected chi connectivity index (χ2v) is 3.56. The smallest absolute Gasteiger partial charge is 0.292 e. The average Bonchev–Trinajstić information content (AvgIpc) is 2.69. The third kappa shape index (κ3) is 1.94. The van der Waals surface area contributed by atoms with Crippen molar-refractivity contribution in [3.8, 4) is 0 Å².